The van der Waals surface area contributed by atoms with Crippen LogP contribution in [0.1, 0.15) is 26.3 Å². The van der Waals surface area contributed by atoms with Crippen molar-refractivity contribution >= 4 is 0 Å². The minimum absolute atomic E-state index is 0.124. The van der Waals surface area contributed by atoms with Crippen molar-refractivity contribution < 1.29 is 5.11 Å². The highest BCUT2D eigenvalue weighted by molar-refractivity contribution is 5.15. The van der Waals surface area contributed by atoms with E-state index in [9.17, 15) is 5.11 Å². The monoisotopic (exact) mass is 317 g/mol. The van der Waals surface area contributed by atoms with Gasteiger partial charge in [-0.1, -0.05) is 30.3 Å². The summed E-state index contributed by atoms with van der Waals surface area (Å²) in [5.74, 6) is 0. The van der Waals surface area contributed by atoms with E-state index in [4.69, 9.17) is 0 Å². The molecule has 2 aliphatic heterocycles. The third kappa shape index (κ3) is 3.61. The minimum Gasteiger partial charge on any atom is -0.394 e. The molecule has 1 aromatic rings. The van der Waals surface area contributed by atoms with Crippen LogP contribution in [0.4, 0.5) is 0 Å². The fourth-order valence-electron chi connectivity index (χ4n) is 4.25. The van der Waals surface area contributed by atoms with Gasteiger partial charge in [-0.05, 0) is 26.3 Å². The van der Waals surface area contributed by atoms with Crippen molar-refractivity contribution in [3.05, 3.63) is 35.9 Å². The number of rotatable bonds is 4. The Balaban J connectivity index is 1.74. The summed E-state index contributed by atoms with van der Waals surface area (Å²) < 4.78 is 0. The first kappa shape index (κ1) is 16.9. The molecule has 23 heavy (non-hydrogen) atoms. The van der Waals surface area contributed by atoms with Crippen LogP contribution in [0, 0.1) is 0 Å². The smallest absolute Gasteiger partial charge is 0.0625 e. The van der Waals surface area contributed by atoms with Crippen LogP contribution in [0.2, 0.25) is 0 Å². The molecule has 2 aliphatic rings. The van der Waals surface area contributed by atoms with E-state index in [1.807, 2.05) is 0 Å². The molecule has 3 rings (SSSR count). The maximum absolute atomic E-state index is 10.1. The summed E-state index contributed by atoms with van der Waals surface area (Å²) in [5.41, 5.74) is 1.23. The van der Waals surface area contributed by atoms with Crippen LogP contribution in [0.15, 0.2) is 30.3 Å². The molecule has 1 aromatic carbocycles. The second kappa shape index (κ2) is 6.89. The molecule has 1 N–H and O–H groups in total. The first-order valence-corrected chi connectivity index (χ1v) is 8.90. The van der Waals surface area contributed by atoms with E-state index >= 15 is 0 Å². The Kier molecular flexibility index (Phi) is 5.07. The molecule has 0 spiro atoms. The van der Waals surface area contributed by atoms with Gasteiger partial charge < -0.3 is 5.11 Å². The normalized spacial score (nSPS) is 30.6. The lowest BCUT2D eigenvalue weighted by molar-refractivity contribution is -0.0978. The van der Waals surface area contributed by atoms with Crippen molar-refractivity contribution in [1.29, 1.82) is 0 Å². The third-order valence-electron chi connectivity index (χ3n) is 5.56. The second-order valence-electron chi connectivity index (χ2n) is 7.75. The standard InChI is InChI=1S/C19H31N3O/c1-16(2)21-9-10-22-18(13-21)12-20(14-19(22,3)15-23)11-17-7-5-4-6-8-17/h4-8,16,18,23H,9-15H2,1-3H3. The molecule has 4 nitrogen and oxygen atoms in total. The topological polar surface area (TPSA) is 30.0 Å². The van der Waals surface area contributed by atoms with Gasteiger partial charge in [0.1, 0.15) is 0 Å². The SMILES string of the molecule is CC(C)N1CCN2C(CN(Cc3ccccc3)CC2(C)CO)C1. The number of piperazine rings is 2. The number of aliphatic hydroxyl groups is 1. The number of fused-ring (bicyclic) bond motifs is 1. The number of hydrogen-bond acceptors (Lipinski definition) is 4. The van der Waals surface area contributed by atoms with Crippen LogP contribution in [0.25, 0.3) is 0 Å². The average molecular weight is 317 g/mol. The van der Waals surface area contributed by atoms with Crippen LogP contribution in [-0.4, -0.2) is 76.8 Å². The molecule has 0 bridgehead atoms. The maximum atomic E-state index is 10.1. The predicted molar refractivity (Wildman–Crippen MR) is 94.4 cm³/mol. The van der Waals surface area contributed by atoms with Crippen LogP contribution < -0.4 is 0 Å². The van der Waals surface area contributed by atoms with Crippen LogP contribution >= 0.6 is 0 Å². The van der Waals surface area contributed by atoms with Gasteiger partial charge in [0, 0.05) is 51.4 Å². The fourth-order valence-corrected chi connectivity index (χ4v) is 4.25. The molecular formula is C19H31N3O. The average Bonchev–Trinajstić information content (AvgIpc) is 2.55. The molecule has 0 saturated carbocycles. The summed E-state index contributed by atoms with van der Waals surface area (Å²) in [6.45, 7) is 13.3. The summed E-state index contributed by atoms with van der Waals surface area (Å²) in [5, 5.41) is 10.1. The molecule has 4 heteroatoms. The molecule has 2 unspecified atom stereocenters. The zero-order chi connectivity index (χ0) is 16.4. The highest BCUT2D eigenvalue weighted by Gasteiger charge is 2.44. The van der Waals surface area contributed by atoms with Crippen molar-refractivity contribution in [2.75, 3.05) is 39.3 Å². The molecular weight excluding hydrogens is 286 g/mol. The van der Waals surface area contributed by atoms with Gasteiger partial charge in [-0.25, -0.2) is 0 Å². The van der Waals surface area contributed by atoms with Crippen molar-refractivity contribution in [3.63, 3.8) is 0 Å². The number of aliphatic hydroxyl groups excluding tert-OH is 1. The lowest BCUT2D eigenvalue weighted by Crippen LogP contribution is -2.72. The molecule has 2 heterocycles. The zero-order valence-corrected chi connectivity index (χ0v) is 14.8. The summed E-state index contributed by atoms with van der Waals surface area (Å²) in [6.07, 6.45) is 0. The van der Waals surface area contributed by atoms with E-state index in [0.717, 1.165) is 39.3 Å². The molecule has 2 saturated heterocycles. The Labute approximate surface area is 140 Å². The Morgan fingerprint density at radius 1 is 1.17 bits per heavy atom. The molecule has 0 radical (unpaired) electrons. The minimum atomic E-state index is -0.124. The maximum Gasteiger partial charge on any atom is 0.0625 e. The highest BCUT2D eigenvalue weighted by atomic mass is 16.3. The van der Waals surface area contributed by atoms with Gasteiger partial charge in [-0.3, -0.25) is 14.7 Å². The number of benzene rings is 1. The predicted octanol–water partition coefficient (Wildman–Crippen LogP) is 1.65. The molecule has 128 valence electrons. The number of nitrogens with zero attached hydrogens (tertiary/aromatic N) is 3. The largest absolute Gasteiger partial charge is 0.394 e. The summed E-state index contributed by atoms with van der Waals surface area (Å²) >= 11 is 0. The van der Waals surface area contributed by atoms with E-state index in [1.54, 1.807) is 0 Å². The molecule has 0 aromatic heterocycles. The quantitative estimate of drug-likeness (QED) is 0.914. The third-order valence-corrected chi connectivity index (χ3v) is 5.56. The first-order chi connectivity index (χ1) is 11.0. The second-order valence-corrected chi connectivity index (χ2v) is 7.75. The fraction of sp³-hybridized carbons (Fsp3) is 0.684. The lowest BCUT2D eigenvalue weighted by Gasteiger charge is -2.56. The Hall–Kier alpha value is -0.940. The lowest BCUT2D eigenvalue weighted by atomic mass is 9.91. The van der Waals surface area contributed by atoms with Gasteiger partial charge in [0.15, 0.2) is 0 Å². The van der Waals surface area contributed by atoms with E-state index in [2.05, 4.69) is 65.8 Å². The van der Waals surface area contributed by atoms with Crippen molar-refractivity contribution in [1.82, 2.24) is 14.7 Å². The van der Waals surface area contributed by atoms with Gasteiger partial charge >= 0.3 is 0 Å². The highest BCUT2D eigenvalue weighted by Crippen LogP contribution is 2.29. The van der Waals surface area contributed by atoms with E-state index in [1.165, 1.54) is 5.56 Å². The van der Waals surface area contributed by atoms with Gasteiger partial charge in [0.25, 0.3) is 0 Å². The molecule has 2 atom stereocenters. The summed E-state index contributed by atoms with van der Waals surface area (Å²) in [7, 11) is 0. The van der Waals surface area contributed by atoms with E-state index in [0.29, 0.717) is 12.1 Å². The summed E-state index contributed by atoms with van der Waals surface area (Å²) in [6, 6.07) is 11.8. The van der Waals surface area contributed by atoms with E-state index in [-0.39, 0.29) is 12.1 Å². The van der Waals surface area contributed by atoms with Gasteiger partial charge in [0.05, 0.1) is 12.1 Å². The first-order valence-electron chi connectivity index (χ1n) is 8.90. The van der Waals surface area contributed by atoms with Gasteiger partial charge in [0.2, 0.25) is 0 Å². The van der Waals surface area contributed by atoms with Crippen molar-refractivity contribution in [2.24, 2.45) is 0 Å². The van der Waals surface area contributed by atoms with Crippen molar-refractivity contribution in [2.45, 2.75) is 44.9 Å². The number of hydrogen-bond donors (Lipinski definition) is 1. The Morgan fingerprint density at radius 3 is 2.57 bits per heavy atom. The Morgan fingerprint density at radius 2 is 1.91 bits per heavy atom. The zero-order valence-electron chi connectivity index (χ0n) is 14.8. The van der Waals surface area contributed by atoms with E-state index < -0.39 is 0 Å². The van der Waals surface area contributed by atoms with Gasteiger partial charge in [-0.2, -0.15) is 0 Å². The van der Waals surface area contributed by atoms with Gasteiger partial charge in [-0.15, -0.1) is 0 Å². The molecule has 0 amide bonds. The molecule has 2 fully saturated rings. The summed E-state index contributed by atoms with van der Waals surface area (Å²) in [4.78, 5) is 7.66. The van der Waals surface area contributed by atoms with Crippen molar-refractivity contribution in [3.8, 4) is 0 Å². The Bertz CT molecular complexity index is 507. The molecule has 0 aliphatic carbocycles. The van der Waals surface area contributed by atoms with Crippen LogP contribution in [-0.2, 0) is 6.54 Å². The van der Waals surface area contributed by atoms with Crippen LogP contribution in [0.3, 0.4) is 0 Å². The van der Waals surface area contributed by atoms with Crippen LogP contribution in [0.5, 0.6) is 0 Å².